The van der Waals surface area contributed by atoms with E-state index in [1.54, 1.807) is 0 Å². The minimum atomic E-state index is -2.50. The summed E-state index contributed by atoms with van der Waals surface area (Å²) in [5.41, 5.74) is 9.17. The molecule has 5 heterocycles. The highest BCUT2D eigenvalue weighted by molar-refractivity contribution is 6.00. The van der Waals surface area contributed by atoms with Crippen molar-refractivity contribution in [1.82, 2.24) is 19.4 Å². The summed E-state index contributed by atoms with van der Waals surface area (Å²) in [4.78, 5) is 11.2. The average molecular weight is 538 g/mol. The second kappa shape index (κ2) is 9.70. The van der Waals surface area contributed by atoms with Gasteiger partial charge in [0.2, 0.25) is 0 Å². The number of benzene rings is 1. The van der Waals surface area contributed by atoms with Crippen LogP contribution in [0.5, 0.6) is 5.75 Å². The van der Waals surface area contributed by atoms with Crippen molar-refractivity contribution in [2.24, 2.45) is 0 Å². The Morgan fingerprint density at radius 1 is 0.974 bits per heavy atom. The number of piperidine rings is 1. The third kappa shape index (κ3) is 4.78. The lowest BCUT2D eigenvalue weighted by Crippen LogP contribution is -2.46. The standard InChI is InChI=1S/C30H37F2N5O2/c31-30(32)12-14-36(15-13-30)21-4-6-22(7-5-21)37-17-25(26-27(33)34-19-35-28(26)37)20-2-1-3-24(16-20)38-18-29-10-8-23(39-29)9-11-29/h1-3,16-17,19,21-23H,4-15,18H2,(H2,33,34,35). The predicted molar refractivity (Wildman–Crippen MR) is 146 cm³/mol. The molecule has 2 bridgehead atoms. The lowest BCUT2D eigenvalue weighted by Gasteiger charge is -2.41. The van der Waals surface area contributed by atoms with Gasteiger partial charge in [-0.15, -0.1) is 0 Å². The highest BCUT2D eigenvalue weighted by Crippen LogP contribution is 2.44. The largest absolute Gasteiger partial charge is 0.491 e. The molecule has 3 saturated heterocycles. The number of nitrogens with two attached hydrogens (primary N) is 1. The smallest absolute Gasteiger partial charge is 0.250 e. The van der Waals surface area contributed by atoms with Crippen LogP contribution in [0.1, 0.15) is 70.3 Å². The number of nitrogens with zero attached hydrogens (tertiary/aromatic N) is 4. The van der Waals surface area contributed by atoms with Crippen LogP contribution in [0.15, 0.2) is 36.8 Å². The van der Waals surface area contributed by atoms with Gasteiger partial charge in [-0.2, -0.15) is 0 Å². The maximum Gasteiger partial charge on any atom is 0.250 e. The molecular formula is C30H37F2N5O2. The maximum atomic E-state index is 13.7. The van der Waals surface area contributed by atoms with Gasteiger partial charge in [-0.25, -0.2) is 18.7 Å². The Hall–Kier alpha value is -2.78. The zero-order valence-corrected chi connectivity index (χ0v) is 22.3. The molecule has 39 heavy (non-hydrogen) atoms. The van der Waals surface area contributed by atoms with Crippen LogP contribution in [0.25, 0.3) is 22.2 Å². The van der Waals surface area contributed by atoms with Gasteiger partial charge < -0.3 is 19.8 Å². The number of nitrogen functional groups attached to an aromatic ring is 1. The van der Waals surface area contributed by atoms with Gasteiger partial charge in [0.1, 0.15) is 35.7 Å². The van der Waals surface area contributed by atoms with Gasteiger partial charge >= 0.3 is 0 Å². The monoisotopic (exact) mass is 537 g/mol. The molecule has 9 heteroatoms. The molecule has 208 valence electrons. The van der Waals surface area contributed by atoms with Gasteiger partial charge in [-0.3, -0.25) is 4.90 Å². The van der Waals surface area contributed by atoms with Crippen molar-refractivity contribution in [3.63, 3.8) is 0 Å². The van der Waals surface area contributed by atoms with Gasteiger partial charge in [0.15, 0.2) is 0 Å². The van der Waals surface area contributed by atoms with Crippen LogP contribution in [-0.4, -0.2) is 62.8 Å². The summed E-state index contributed by atoms with van der Waals surface area (Å²) in [6, 6.07) is 8.84. The first-order chi connectivity index (χ1) is 18.9. The number of hydrogen-bond acceptors (Lipinski definition) is 6. The number of ether oxygens (including phenoxy) is 2. The van der Waals surface area contributed by atoms with Crippen molar-refractivity contribution in [3.05, 3.63) is 36.8 Å². The van der Waals surface area contributed by atoms with E-state index in [2.05, 4.69) is 37.8 Å². The second-order valence-corrected chi connectivity index (χ2v) is 12.1. The van der Waals surface area contributed by atoms with Crippen LogP contribution in [-0.2, 0) is 4.74 Å². The normalized spacial score (nSPS) is 30.7. The number of rotatable bonds is 6. The number of hydrogen-bond donors (Lipinski definition) is 1. The zero-order valence-electron chi connectivity index (χ0n) is 22.3. The molecule has 7 nitrogen and oxygen atoms in total. The van der Waals surface area contributed by atoms with Crippen molar-refractivity contribution in [2.45, 2.75) is 93.9 Å². The summed E-state index contributed by atoms with van der Waals surface area (Å²) in [6.45, 7) is 1.57. The van der Waals surface area contributed by atoms with E-state index in [1.807, 2.05) is 12.1 Å². The third-order valence-electron chi connectivity index (χ3n) is 9.65. The van der Waals surface area contributed by atoms with Crippen LogP contribution in [0.2, 0.25) is 0 Å². The molecule has 1 saturated carbocycles. The quantitative estimate of drug-likeness (QED) is 0.417. The van der Waals surface area contributed by atoms with E-state index >= 15 is 0 Å². The molecule has 0 atom stereocenters. The molecule has 1 aromatic carbocycles. The van der Waals surface area contributed by atoms with Crippen molar-refractivity contribution in [3.8, 4) is 16.9 Å². The second-order valence-electron chi connectivity index (χ2n) is 12.1. The number of aromatic nitrogens is 3. The minimum Gasteiger partial charge on any atom is -0.491 e. The van der Waals surface area contributed by atoms with Gasteiger partial charge in [0.05, 0.1) is 11.5 Å². The zero-order chi connectivity index (χ0) is 26.6. The number of likely N-dealkylation sites (tertiary alicyclic amines) is 1. The maximum absolute atomic E-state index is 13.7. The van der Waals surface area contributed by atoms with Crippen molar-refractivity contribution in [1.29, 1.82) is 0 Å². The van der Waals surface area contributed by atoms with Gasteiger partial charge in [-0.05, 0) is 69.1 Å². The summed E-state index contributed by atoms with van der Waals surface area (Å²) in [6.07, 6.45) is 12.5. The first kappa shape index (κ1) is 25.2. The van der Waals surface area contributed by atoms with E-state index in [4.69, 9.17) is 15.2 Å². The Labute approximate surface area is 227 Å². The summed E-state index contributed by atoms with van der Waals surface area (Å²) in [7, 11) is 0. The van der Waals surface area contributed by atoms with Crippen LogP contribution in [0, 0.1) is 0 Å². The molecule has 0 spiro atoms. The fourth-order valence-corrected chi connectivity index (χ4v) is 7.38. The van der Waals surface area contributed by atoms with Crippen LogP contribution < -0.4 is 10.5 Å². The Morgan fingerprint density at radius 3 is 2.44 bits per heavy atom. The fourth-order valence-electron chi connectivity index (χ4n) is 7.38. The fraction of sp³-hybridized carbons (Fsp3) is 0.600. The summed E-state index contributed by atoms with van der Waals surface area (Å²) >= 11 is 0. The molecule has 0 radical (unpaired) electrons. The molecule has 2 N–H and O–H groups in total. The first-order valence-corrected chi connectivity index (χ1v) is 14.5. The highest BCUT2D eigenvalue weighted by Gasteiger charge is 2.46. The predicted octanol–water partition coefficient (Wildman–Crippen LogP) is 5.99. The van der Waals surface area contributed by atoms with Crippen LogP contribution in [0.4, 0.5) is 14.6 Å². The average Bonchev–Trinajstić information content (AvgIpc) is 3.67. The molecule has 7 rings (SSSR count). The minimum absolute atomic E-state index is 0.0218. The lowest BCUT2D eigenvalue weighted by molar-refractivity contribution is -0.0664. The third-order valence-corrected chi connectivity index (χ3v) is 9.65. The van der Waals surface area contributed by atoms with Gasteiger partial charge in [0.25, 0.3) is 5.92 Å². The van der Waals surface area contributed by atoms with E-state index in [1.165, 1.54) is 6.33 Å². The van der Waals surface area contributed by atoms with Crippen molar-refractivity contribution < 1.29 is 18.3 Å². The Balaban J connectivity index is 1.11. The number of fused-ring (bicyclic) bond motifs is 3. The number of alkyl halides is 2. The van der Waals surface area contributed by atoms with Crippen LogP contribution >= 0.6 is 0 Å². The number of anilines is 1. The van der Waals surface area contributed by atoms with Gasteiger partial charge in [-0.1, -0.05) is 12.1 Å². The van der Waals surface area contributed by atoms with E-state index in [0.29, 0.717) is 37.7 Å². The molecule has 3 aliphatic heterocycles. The Kier molecular flexibility index (Phi) is 6.27. The topological polar surface area (TPSA) is 78.4 Å². The Bertz CT molecular complexity index is 1330. The van der Waals surface area contributed by atoms with Gasteiger partial charge in [0, 0.05) is 49.8 Å². The van der Waals surface area contributed by atoms with E-state index in [-0.39, 0.29) is 24.5 Å². The van der Waals surface area contributed by atoms with E-state index in [9.17, 15) is 8.78 Å². The highest BCUT2D eigenvalue weighted by atomic mass is 19.3. The van der Waals surface area contributed by atoms with Crippen LogP contribution in [0.3, 0.4) is 0 Å². The molecule has 3 aromatic rings. The molecule has 4 fully saturated rings. The molecule has 0 unspecified atom stereocenters. The first-order valence-electron chi connectivity index (χ1n) is 14.5. The summed E-state index contributed by atoms with van der Waals surface area (Å²) in [5, 5.41) is 0.867. The summed E-state index contributed by atoms with van der Waals surface area (Å²) in [5.74, 6) is -1.21. The Morgan fingerprint density at radius 2 is 1.72 bits per heavy atom. The molecular weight excluding hydrogens is 500 g/mol. The molecule has 0 amide bonds. The number of halogens is 2. The van der Waals surface area contributed by atoms with Crippen molar-refractivity contribution >= 4 is 16.9 Å². The SMILES string of the molecule is Nc1ncnc2c1c(-c1cccc(OCC34CCC(CC3)O4)c1)cn2C1CCC(N2CCC(F)(F)CC2)CC1. The summed E-state index contributed by atoms with van der Waals surface area (Å²) < 4.78 is 42.1. The molecule has 4 aliphatic rings. The van der Waals surface area contributed by atoms with E-state index in [0.717, 1.165) is 79.3 Å². The van der Waals surface area contributed by atoms with E-state index < -0.39 is 5.92 Å². The molecule has 2 aromatic heterocycles. The lowest BCUT2D eigenvalue weighted by atomic mass is 9.88. The van der Waals surface area contributed by atoms with Crippen molar-refractivity contribution in [2.75, 3.05) is 25.4 Å². The molecule has 1 aliphatic carbocycles.